The molecular weight excluding hydrogens is 486 g/mol. The van der Waals surface area contributed by atoms with Gasteiger partial charge in [0.25, 0.3) is 0 Å². The van der Waals surface area contributed by atoms with Crippen molar-refractivity contribution in [3.63, 3.8) is 0 Å². The number of imidazole rings is 1. The number of hydrogen-bond acceptors (Lipinski definition) is 6. The first-order valence-corrected chi connectivity index (χ1v) is 12.2. The van der Waals surface area contributed by atoms with Gasteiger partial charge in [0.1, 0.15) is 17.3 Å². The average Bonchev–Trinajstić information content (AvgIpc) is 3.49. The number of nitrogens with zero attached hydrogens (tertiary/aromatic N) is 4. The van der Waals surface area contributed by atoms with E-state index < -0.39 is 5.82 Å². The molecule has 0 unspecified atom stereocenters. The molecule has 1 aliphatic rings. The minimum Gasteiger partial charge on any atom is -0.402 e. The highest BCUT2D eigenvalue weighted by Crippen LogP contribution is 2.35. The van der Waals surface area contributed by atoms with Crippen LogP contribution in [0.25, 0.3) is 39.3 Å². The molecule has 8 nitrogen and oxygen atoms in total. The van der Waals surface area contributed by atoms with Gasteiger partial charge in [-0.15, -0.1) is 0 Å². The number of halogens is 2. The van der Waals surface area contributed by atoms with E-state index in [1.807, 2.05) is 25.1 Å². The van der Waals surface area contributed by atoms with E-state index in [1.54, 1.807) is 24.5 Å². The second-order valence-electron chi connectivity index (χ2n) is 9.07. The van der Waals surface area contributed by atoms with E-state index in [9.17, 15) is 4.39 Å². The van der Waals surface area contributed by atoms with Gasteiger partial charge in [-0.2, -0.15) is 5.10 Å². The SMILES string of the molecule is CCNCc1cncc(-c2cnc3n[nH]c(-c4nc5c([nH]4)CC(N)=CC=C5c4cccc(F)c4)c3c2F)c1. The van der Waals surface area contributed by atoms with Crippen LogP contribution >= 0.6 is 0 Å². The van der Waals surface area contributed by atoms with Crippen LogP contribution in [0.2, 0.25) is 0 Å². The van der Waals surface area contributed by atoms with Gasteiger partial charge >= 0.3 is 0 Å². The van der Waals surface area contributed by atoms with Crippen molar-refractivity contribution in [3.05, 3.63) is 101 Å². The lowest BCUT2D eigenvalue weighted by Gasteiger charge is -2.07. The number of benzene rings is 1. The van der Waals surface area contributed by atoms with Crippen molar-refractivity contribution in [1.82, 2.24) is 35.5 Å². The first kappa shape index (κ1) is 23.7. The predicted octanol–water partition coefficient (Wildman–Crippen LogP) is 4.63. The monoisotopic (exact) mass is 510 g/mol. The minimum atomic E-state index is -0.479. The molecule has 0 radical (unpaired) electrons. The third-order valence-corrected chi connectivity index (χ3v) is 6.46. The highest BCUT2D eigenvalue weighted by molar-refractivity contribution is 5.93. The zero-order valence-corrected chi connectivity index (χ0v) is 20.5. The molecular formula is C28H24F2N8. The van der Waals surface area contributed by atoms with Crippen LogP contribution < -0.4 is 11.1 Å². The molecule has 38 heavy (non-hydrogen) atoms. The van der Waals surface area contributed by atoms with Gasteiger partial charge in [0, 0.05) is 59.6 Å². The molecule has 10 heteroatoms. The van der Waals surface area contributed by atoms with Crippen molar-refractivity contribution in [1.29, 1.82) is 0 Å². The van der Waals surface area contributed by atoms with Crippen LogP contribution in [0.4, 0.5) is 8.78 Å². The highest BCUT2D eigenvalue weighted by atomic mass is 19.1. The molecule has 0 saturated heterocycles. The summed E-state index contributed by atoms with van der Waals surface area (Å²) in [7, 11) is 0. The zero-order valence-electron chi connectivity index (χ0n) is 20.5. The quantitative estimate of drug-likeness (QED) is 0.264. The van der Waals surface area contributed by atoms with E-state index in [0.717, 1.165) is 17.8 Å². The number of aromatic nitrogens is 6. The van der Waals surface area contributed by atoms with Crippen molar-refractivity contribution in [3.8, 4) is 22.6 Å². The number of nitrogens with two attached hydrogens (primary N) is 1. The maximum absolute atomic E-state index is 16.0. The summed E-state index contributed by atoms with van der Waals surface area (Å²) in [5, 5.41) is 10.6. The Kier molecular flexibility index (Phi) is 6.01. The van der Waals surface area contributed by atoms with Gasteiger partial charge in [-0.3, -0.25) is 10.1 Å². The Balaban J connectivity index is 1.46. The summed E-state index contributed by atoms with van der Waals surface area (Å²) in [6.07, 6.45) is 8.83. The number of pyridine rings is 2. The Morgan fingerprint density at radius 3 is 2.82 bits per heavy atom. The third kappa shape index (κ3) is 4.24. The van der Waals surface area contributed by atoms with Crippen molar-refractivity contribution in [2.45, 2.75) is 19.9 Å². The Labute approximate surface area is 216 Å². The van der Waals surface area contributed by atoms with Crippen LogP contribution in [0.15, 0.2) is 66.8 Å². The lowest BCUT2D eigenvalue weighted by atomic mass is 10.0. The van der Waals surface area contributed by atoms with Crippen LogP contribution in [0, 0.1) is 11.6 Å². The van der Waals surface area contributed by atoms with Gasteiger partial charge in [0.2, 0.25) is 0 Å². The number of nitrogens with one attached hydrogen (secondary N) is 3. The number of H-pyrrole nitrogens is 2. The summed E-state index contributed by atoms with van der Waals surface area (Å²) in [6.45, 7) is 3.46. The molecule has 0 atom stereocenters. The number of allylic oxidation sites excluding steroid dienone is 3. The minimum absolute atomic E-state index is 0.211. The van der Waals surface area contributed by atoms with Gasteiger partial charge < -0.3 is 16.0 Å². The van der Waals surface area contributed by atoms with Crippen LogP contribution in [0.1, 0.15) is 29.4 Å². The Bertz CT molecular complexity index is 1730. The topological polar surface area (TPSA) is 121 Å². The van der Waals surface area contributed by atoms with E-state index in [1.165, 1.54) is 18.3 Å². The van der Waals surface area contributed by atoms with E-state index in [-0.39, 0.29) is 16.9 Å². The summed E-state index contributed by atoms with van der Waals surface area (Å²) >= 11 is 0. The van der Waals surface area contributed by atoms with Gasteiger partial charge in [-0.05, 0) is 41.9 Å². The van der Waals surface area contributed by atoms with Crippen LogP contribution in [0.5, 0.6) is 0 Å². The van der Waals surface area contributed by atoms with E-state index in [0.29, 0.717) is 58.1 Å². The molecule has 1 aliphatic carbocycles. The molecule has 0 aliphatic heterocycles. The predicted molar refractivity (Wildman–Crippen MR) is 141 cm³/mol. The molecule has 1 aromatic carbocycles. The van der Waals surface area contributed by atoms with Crippen LogP contribution in [0.3, 0.4) is 0 Å². The lowest BCUT2D eigenvalue weighted by molar-refractivity contribution is 0.627. The summed E-state index contributed by atoms with van der Waals surface area (Å²) in [5.74, 6) is -0.453. The summed E-state index contributed by atoms with van der Waals surface area (Å²) in [5.41, 5.74) is 11.9. The Morgan fingerprint density at radius 1 is 1.08 bits per heavy atom. The molecule has 4 aromatic heterocycles. The molecule has 5 aromatic rings. The summed E-state index contributed by atoms with van der Waals surface area (Å²) < 4.78 is 30.1. The molecule has 0 spiro atoms. The third-order valence-electron chi connectivity index (χ3n) is 6.46. The lowest BCUT2D eigenvalue weighted by Crippen LogP contribution is -2.11. The molecule has 5 N–H and O–H groups in total. The van der Waals surface area contributed by atoms with E-state index in [4.69, 9.17) is 10.7 Å². The van der Waals surface area contributed by atoms with Crippen LogP contribution in [-0.4, -0.2) is 36.7 Å². The number of aromatic amines is 2. The average molecular weight is 511 g/mol. The Hall–Kier alpha value is -4.70. The second-order valence-corrected chi connectivity index (χ2v) is 9.07. The molecule has 6 rings (SSSR count). The maximum Gasteiger partial charge on any atom is 0.184 e. The second kappa shape index (κ2) is 9.64. The van der Waals surface area contributed by atoms with Crippen molar-refractivity contribution in [2.24, 2.45) is 5.73 Å². The standard InChI is InChI=1S/C28H24F2N8/c1-2-32-11-15-8-17(13-33-12-15)21-14-34-27-23(24(21)30)26(37-38-27)28-35-22-10-19(31)6-7-20(25(22)36-28)16-4-3-5-18(29)9-16/h3-9,12-14,32H,2,10-11,31H2,1H3,(H,35,36)(H,34,37,38). The first-order valence-electron chi connectivity index (χ1n) is 12.2. The molecule has 0 saturated carbocycles. The number of hydrogen-bond donors (Lipinski definition) is 4. The molecule has 0 amide bonds. The fraction of sp³-hybridized carbons (Fsp3) is 0.143. The maximum atomic E-state index is 16.0. The first-order chi connectivity index (χ1) is 18.5. The zero-order chi connectivity index (χ0) is 26.2. The summed E-state index contributed by atoms with van der Waals surface area (Å²) in [4.78, 5) is 16.7. The van der Waals surface area contributed by atoms with Crippen molar-refractivity contribution < 1.29 is 8.78 Å². The fourth-order valence-electron chi connectivity index (χ4n) is 4.62. The molecule has 0 fully saturated rings. The van der Waals surface area contributed by atoms with Crippen LogP contribution in [-0.2, 0) is 13.0 Å². The van der Waals surface area contributed by atoms with Gasteiger partial charge in [-0.25, -0.2) is 18.7 Å². The Morgan fingerprint density at radius 2 is 1.97 bits per heavy atom. The molecule has 190 valence electrons. The largest absolute Gasteiger partial charge is 0.402 e. The highest BCUT2D eigenvalue weighted by Gasteiger charge is 2.24. The van der Waals surface area contributed by atoms with E-state index >= 15 is 4.39 Å². The van der Waals surface area contributed by atoms with Gasteiger partial charge in [0.05, 0.1) is 11.1 Å². The summed E-state index contributed by atoms with van der Waals surface area (Å²) in [6, 6.07) is 8.17. The van der Waals surface area contributed by atoms with Gasteiger partial charge in [0.15, 0.2) is 11.5 Å². The fourth-order valence-corrected chi connectivity index (χ4v) is 4.62. The van der Waals surface area contributed by atoms with Crippen molar-refractivity contribution in [2.75, 3.05) is 6.54 Å². The molecule has 4 heterocycles. The van der Waals surface area contributed by atoms with Gasteiger partial charge in [-0.1, -0.05) is 25.1 Å². The molecule has 0 bridgehead atoms. The normalized spacial score (nSPS) is 13.2. The van der Waals surface area contributed by atoms with E-state index in [2.05, 4.69) is 30.5 Å². The number of rotatable bonds is 6. The van der Waals surface area contributed by atoms with Crippen molar-refractivity contribution >= 4 is 16.6 Å². The number of fused-ring (bicyclic) bond motifs is 2. The smallest absolute Gasteiger partial charge is 0.184 e.